The van der Waals surface area contributed by atoms with Gasteiger partial charge in [-0.15, -0.1) is 0 Å². The van der Waals surface area contributed by atoms with E-state index in [1.165, 1.54) is 6.33 Å². The van der Waals surface area contributed by atoms with Gasteiger partial charge in [-0.2, -0.15) is 5.10 Å². The Balaban J connectivity index is 2.41. The minimum Gasteiger partial charge on any atom is -0.315 e. The zero-order valence-electron chi connectivity index (χ0n) is 4.86. The van der Waals surface area contributed by atoms with Crippen molar-refractivity contribution < 1.29 is 0 Å². The third kappa shape index (κ3) is 1.53. The summed E-state index contributed by atoms with van der Waals surface area (Å²) in [6, 6.07) is 0. The van der Waals surface area contributed by atoms with Crippen LogP contribution in [0.3, 0.4) is 0 Å². The van der Waals surface area contributed by atoms with Gasteiger partial charge in [0.15, 0.2) is 0 Å². The molecule has 0 saturated heterocycles. The normalized spacial score (nSPS) is 8.78. The molecule has 0 N–H and O–H groups in total. The molecule has 0 aliphatic carbocycles. The maximum atomic E-state index is 6.47. The second-order valence-corrected chi connectivity index (χ2v) is 1.54. The van der Waals surface area contributed by atoms with E-state index in [9.17, 15) is 0 Å². The molecule has 0 unspecified atom stereocenters. The first-order valence-electron chi connectivity index (χ1n) is 2.59. The molecule has 9 heavy (non-hydrogen) atoms. The maximum absolute atomic E-state index is 6.47. The lowest BCUT2D eigenvalue weighted by Gasteiger charge is -1.87. The highest BCUT2D eigenvalue weighted by molar-refractivity contribution is 4.61. The molecule has 1 aromatic heterocycles. The standard InChI is InChI=1S/C5H6N4/c1-6-2-3-9-5-7-4-8-9/h4-5H,2-3H2. The monoisotopic (exact) mass is 122 g/mol. The van der Waals surface area contributed by atoms with Crippen molar-refractivity contribution in [2.45, 2.75) is 6.54 Å². The number of hydrogen-bond donors (Lipinski definition) is 0. The highest BCUT2D eigenvalue weighted by Crippen LogP contribution is 1.79. The molecule has 1 heterocycles. The molecular weight excluding hydrogens is 116 g/mol. The summed E-state index contributed by atoms with van der Waals surface area (Å²) in [6.45, 7) is 7.59. The van der Waals surface area contributed by atoms with Crippen LogP contribution >= 0.6 is 0 Å². The summed E-state index contributed by atoms with van der Waals surface area (Å²) in [4.78, 5) is 6.90. The lowest BCUT2D eigenvalue weighted by Crippen LogP contribution is -1.99. The van der Waals surface area contributed by atoms with Crippen molar-refractivity contribution in [1.82, 2.24) is 14.8 Å². The van der Waals surface area contributed by atoms with Gasteiger partial charge in [-0.1, -0.05) is 0 Å². The number of aromatic nitrogens is 3. The molecule has 0 aliphatic heterocycles. The molecule has 0 aliphatic rings. The van der Waals surface area contributed by atoms with Gasteiger partial charge in [0.25, 0.3) is 0 Å². The first kappa shape index (κ1) is 5.76. The van der Waals surface area contributed by atoms with Gasteiger partial charge in [0, 0.05) is 0 Å². The van der Waals surface area contributed by atoms with Crippen LogP contribution in [0.5, 0.6) is 0 Å². The summed E-state index contributed by atoms with van der Waals surface area (Å²) in [5.41, 5.74) is 0. The summed E-state index contributed by atoms with van der Waals surface area (Å²) >= 11 is 0. The molecule has 0 fully saturated rings. The molecule has 1 rings (SSSR count). The Morgan fingerprint density at radius 1 is 1.67 bits per heavy atom. The summed E-state index contributed by atoms with van der Waals surface area (Å²) in [5.74, 6) is 0. The fraction of sp³-hybridized carbons (Fsp3) is 0.400. The van der Waals surface area contributed by atoms with Gasteiger partial charge in [0.1, 0.15) is 19.2 Å². The Morgan fingerprint density at radius 3 is 3.11 bits per heavy atom. The Morgan fingerprint density at radius 2 is 2.56 bits per heavy atom. The molecule has 0 spiro atoms. The van der Waals surface area contributed by atoms with Gasteiger partial charge >= 0.3 is 0 Å². The number of rotatable bonds is 2. The third-order valence-electron chi connectivity index (χ3n) is 0.907. The maximum Gasteiger partial charge on any atom is 0.234 e. The lowest BCUT2D eigenvalue weighted by atomic mass is 10.7. The van der Waals surface area contributed by atoms with Crippen LogP contribution in [0.25, 0.3) is 4.85 Å². The highest BCUT2D eigenvalue weighted by Gasteiger charge is 1.89. The van der Waals surface area contributed by atoms with E-state index in [1.807, 2.05) is 0 Å². The van der Waals surface area contributed by atoms with E-state index >= 15 is 0 Å². The van der Waals surface area contributed by atoms with Gasteiger partial charge in [-0.25, -0.2) is 16.2 Å². The minimum absolute atomic E-state index is 0.476. The predicted molar refractivity (Wildman–Crippen MR) is 31.5 cm³/mol. The lowest BCUT2D eigenvalue weighted by molar-refractivity contribution is 0.646. The van der Waals surface area contributed by atoms with E-state index in [2.05, 4.69) is 14.9 Å². The molecule has 4 nitrogen and oxygen atoms in total. The topological polar surface area (TPSA) is 35.1 Å². The molecule has 0 amide bonds. The quantitative estimate of drug-likeness (QED) is 0.525. The first-order valence-corrected chi connectivity index (χ1v) is 2.59. The van der Waals surface area contributed by atoms with Crippen LogP contribution in [0.15, 0.2) is 12.7 Å². The van der Waals surface area contributed by atoms with E-state index in [0.717, 1.165) is 0 Å². The van der Waals surface area contributed by atoms with Crippen molar-refractivity contribution in [3.05, 3.63) is 24.1 Å². The first-order chi connectivity index (χ1) is 4.43. The molecular formula is C5H6N4. The van der Waals surface area contributed by atoms with Gasteiger partial charge in [-0.05, 0) is 0 Å². The van der Waals surface area contributed by atoms with E-state index in [-0.39, 0.29) is 0 Å². The van der Waals surface area contributed by atoms with Crippen LogP contribution in [0.4, 0.5) is 0 Å². The smallest absolute Gasteiger partial charge is 0.234 e. The largest absolute Gasteiger partial charge is 0.315 e. The number of nitrogens with zero attached hydrogens (tertiary/aromatic N) is 4. The van der Waals surface area contributed by atoms with E-state index in [0.29, 0.717) is 13.1 Å². The van der Waals surface area contributed by atoms with Crippen LogP contribution in [0, 0.1) is 6.57 Å². The molecule has 46 valence electrons. The molecule has 0 aromatic carbocycles. The molecule has 4 heteroatoms. The summed E-state index contributed by atoms with van der Waals surface area (Å²) < 4.78 is 1.64. The van der Waals surface area contributed by atoms with Crippen LogP contribution < -0.4 is 0 Å². The third-order valence-corrected chi connectivity index (χ3v) is 0.907. The summed E-state index contributed by atoms with van der Waals surface area (Å²) in [6.07, 6.45) is 3.06. The van der Waals surface area contributed by atoms with Crippen LogP contribution in [-0.2, 0) is 6.54 Å². The SMILES string of the molecule is [C-]#[N+]CCn1cncn1. The molecule has 0 saturated carbocycles. The molecule has 0 bridgehead atoms. The van der Waals surface area contributed by atoms with Gasteiger partial charge in [0.05, 0.1) is 0 Å². The van der Waals surface area contributed by atoms with Crippen molar-refractivity contribution in [1.29, 1.82) is 0 Å². The zero-order valence-corrected chi connectivity index (χ0v) is 4.86. The van der Waals surface area contributed by atoms with E-state index in [1.54, 1.807) is 11.0 Å². The van der Waals surface area contributed by atoms with Gasteiger partial charge < -0.3 is 4.85 Å². The second kappa shape index (κ2) is 2.82. The number of hydrogen-bond acceptors (Lipinski definition) is 2. The fourth-order valence-electron chi connectivity index (χ4n) is 0.501. The Bertz CT molecular complexity index is 195. The Kier molecular flexibility index (Phi) is 1.81. The van der Waals surface area contributed by atoms with Crippen LogP contribution in [0.1, 0.15) is 0 Å². The summed E-state index contributed by atoms with van der Waals surface area (Å²) in [7, 11) is 0. The van der Waals surface area contributed by atoms with Gasteiger partial charge in [-0.3, -0.25) is 0 Å². The average Bonchev–Trinajstić information content (AvgIpc) is 2.34. The Hall–Kier alpha value is -1.37. The molecule has 1 aromatic rings. The van der Waals surface area contributed by atoms with E-state index < -0.39 is 0 Å². The van der Waals surface area contributed by atoms with Crippen molar-refractivity contribution in [2.75, 3.05) is 6.54 Å². The van der Waals surface area contributed by atoms with Gasteiger partial charge in [0.2, 0.25) is 6.54 Å². The Labute approximate surface area is 53.0 Å². The van der Waals surface area contributed by atoms with Crippen molar-refractivity contribution in [2.24, 2.45) is 0 Å². The zero-order chi connectivity index (χ0) is 6.53. The predicted octanol–water partition coefficient (Wildman–Crippen LogP) is 0.197. The minimum atomic E-state index is 0.476. The van der Waals surface area contributed by atoms with Crippen LogP contribution in [-0.4, -0.2) is 21.3 Å². The summed E-state index contributed by atoms with van der Waals surface area (Å²) in [5, 5.41) is 3.82. The molecule has 0 radical (unpaired) electrons. The highest BCUT2D eigenvalue weighted by atomic mass is 15.3. The van der Waals surface area contributed by atoms with Crippen molar-refractivity contribution in [3.8, 4) is 0 Å². The second-order valence-electron chi connectivity index (χ2n) is 1.54. The van der Waals surface area contributed by atoms with Crippen molar-refractivity contribution >= 4 is 0 Å². The fourth-order valence-corrected chi connectivity index (χ4v) is 0.501. The average molecular weight is 122 g/mol. The van der Waals surface area contributed by atoms with E-state index in [4.69, 9.17) is 6.57 Å². The van der Waals surface area contributed by atoms with Crippen LogP contribution in [0.2, 0.25) is 0 Å². The van der Waals surface area contributed by atoms with Crippen molar-refractivity contribution in [3.63, 3.8) is 0 Å². The molecule has 0 atom stereocenters.